The maximum atomic E-state index is 6.67. The molecule has 1 heterocycles. The largest absolute Gasteiger partial charge is 0.365 e. The van der Waals surface area contributed by atoms with Crippen LogP contribution in [-0.4, -0.2) is 5.16 Å². The molecule has 2 nitrogen and oxygen atoms in total. The van der Waals surface area contributed by atoms with E-state index < -0.39 is 0 Å². The van der Waals surface area contributed by atoms with Crippen molar-refractivity contribution in [3.63, 3.8) is 0 Å². The molecular formula is C9H10NO. The Hall–Kier alpha value is -1.23. The van der Waals surface area contributed by atoms with E-state index in [9.17, 15) is 0 Å². The summed E-state index contributed by atoms with van der Waals surface area (Å²) in [5.74, 6) is 2.35. The zero-order chi connectivity index (χ0) is 7.94. The van der Waals surface area contributed by atoms with Crippen molar-refractivity contribution in [1.82, 2.24) is 5.16 Å². The first-order valence-corrected chi connectivity index (χ1v) is 3.72. The molecule has 0 saturated heterocycles. The van der Waals surface area contributed by atoms with Crippen molar-refractivity contribution in [2.45, 2.75) is 25.7 Å². The average molecular weight is 148 g/mol. The van der Waals surface area contributed by atoms with Gasteiger partial charge in [0.1, 0.15) is 6.26 Å². The van der Waals surface area contributed by atoms with Gasteiger partial charge in [-0.1, -0.05) is 11.1 Å². The Morgan fingerprint density at radius 1 is 1.55 bits per heavy atom. The zero-order valence-electron chi connectivity index (χ0n) is 6.34. The van der Waals surface area contributed by atoms with Crippen molar-refractivity contribution < 1.29 is 4.52 Å². The van der Waals surface area contributed by atoms with Crippen molar-refractivity contribution in [3.05, 3.63) is 24.4 Å². The SMILES string of the molecule is [C]#CCCCCc1ccon1. The molecule has 1 aromatic rings. The predicted molar refractivity (Wildman–Crippen MR) is 41.2 cm³/mol. The van der Waals surface area contributed by atoms with Gasteiger partial charge in [-0.3, -0.25) is 0 Å². The van der Waals surface area contributed by atoms with Crippen LogP contribution in [0.5, 0.6) is 0 Å². The van der Waals surface area contributed by atoms with E-state index in [0.717, 1.165) is 31.4 Å². The van der Waals surface area contributed by atoms with Crippen LogP contribution >= 0.6 is 0 Å². The molecule has 1 radical (unpaired) electrons. The summed E-state index contributed by atoms with van der Waals surface area (Å²) < 4.78 is 4.67. The highest BCUT2D eigenvalue weighted by molar-refractivity contribution is 4.94. The summed E-state index contributed by atoms with van der Waals surface area (Å²) in [5.41, 5.74) is 0.995. The molecule has 0 aliphatic heterocycles. The lowest BCUT2D eigenvalue weighted by Gasteiger charge is -1.91. The second kappa shape index (κ2) is 4.56. The fourth-order valence-corrected chi connectivity index (χ4v) is 0.886. The summed E-state index contributed by atoms with van der Waals surface area (Å²) in [6.07, 6.45) is 12.0. The molecule has 0 saturated carbocycles. The maximum absolute atomic E-state index is 6.67. The highest BCUT2D eigenvalue weighted by Gasteiger charge is 1.94. The van der Waals surface area contributed by atoms with E-state index >= 15 is 0 Å². The van der Waals surface area contributed by atoms with Crippen LogP contribution in [0.15, 0.2) is 16.9 Å². The van der Waals surface area contributed by atoms with Crippen molar-refractivity contribution in [3.8, 4) is 5.92 Å². The van der Waals surface area contributed by atoms with Crippen molar-refractivity contribution >= 4 is 0 Å². The summed E-state index contributed by atoms with van der Waals surface area (Å²) >= 11 is 0. The van der Waals surface area contributed by atoms with E-state index in [1.54, 1.807) is 6.26 Å². The van der Waals surface area contributed by atoms with E-state index in [4.69, 9.17) is 6.42 Å². The minimum absolute atomic E-state index is 0.748. The van der Waals surface area contributed by atoms with E-state index in [1.807, 2.05) is 6.07 Å². The monoisotopic (exact) mass is 148 g/mol. The normalized spacial score (nSPS) is 9.36. The maximum Gasteiger partial charge on any atom is 0.124 e. The number of rotatable bonds is 4. The molecule has 0 amide bonds. The number of unbranched alkanes of at least 4 members (excludes halogenated alkanes) is 2. The summed E-state index contributed by atoms with van der Waals surface area (Å²) in [7, 11) is 0. The summed E-state index contributed by atoms with van der Waals surface area (Å²) in [4.78, 5) is 0. The lowest BCUT2D eigenvalue weighted by atomic mass is 10.1. The standard InChI is InChI=1S/C9H10NO/c1-2-3-4-5-6-9-7-8-11-10-9/h7-8H,3-6H2. The summed E-state index contributed by atoms with van der Waals surface area (Å²) in [6.45, 7) is 0. The molecule has 1 rings (SSSR count). The van der Waals surface area contributed by atoms with Crippen molar-refractivity contribution in [2.75, 3.05) is 0 Å². The van der Waals surface area contributed by atoms with Gasteiger partial charge in [0.05, 0.1) is 5.69 Å². The van der Waals surface area contributed by atoms with E-state index in [2.05, 4.69) is 15.6 Å². The van der Waals surface area contributed by atoms with Gasteiger partial charge < -0.3 is 4.52 Å². The van der Waals surface area contributed by atoms with Crippen LogP contribution in [0.3, 0.4) is 0 Å². The summed E-state index contributed by atoms with van der Waals surface area (Å²) in [5, 5.41) is 3.77. The molecule has 2 heteroatoms. The molecule has 0 spiro atoms. The molecule has 57 valence electrons. The van der Waals surface area contributed by atoms with Gasteiger partial charge in [-0.25, -0.2) is 0 Å². The zero-order valence-corrected chi connectivity index (χ0v) is 6.34. The van der Waals surface area contributed by atoms with Gasteiger partial charge >= 0.3 is 0 Å². The molecule has 0 fully saturated rings. The quantitative estimate of drug-likeness (QED) is 0.482. The number of hydrogen-bond donors (Lipinski definition) is 0. The number of nitrogens with zero attached hydrogens (tertiary/aromatic N) is 1. The fraction of sp³-hybridized carbons (Fsp3) is 0.444. The molecular weight excluding hydrogens is 138 g/mol. The van der Waals surface area contributed by atoms with Crippen LogP contribution in [0.1, 0.15) is 25.0 Å². The lowest BCUT2D eigenvalue weighted by molar-refractivity contribution is 0.410. The third-order valence-electron chi connectivity index (χ3n) is 1.48. The minimum atomic E-state index is 0.748. The Bertz CT molecular complexity index is 220. The molecule has 0 bridgehead atoms. The second-order valence-corrected chi connectivity index (χ2v) is 2.37. The van der Waals surface area contributed by atoms with Crippen LogP contribution < -0.4 is 0 Å². The average Bonchev–Trinajstić information content (AvgIpc) is 2.50. The van der Waals surface area contributed by atoms with Gasteiger partial charge in [0.25, 0.3) is 0 Å². The molecule has 0 aromatic carbocycles. The molecule has 0 unspecified atom stereocenters. The molecule has 0 N–H and O–H groups in total. The molecule has 1 aromatic heterocycles. The third-order valence-corrected chi connectivity index (χ3v) is 1.48. The highest BCUT2D eigenvalue weighted by atomic mass is 16.5. The van der Waals surface area contributed by atoms with Gasteiger partial charge in [-0.15, -0.1) is 0 Å². The van der Waals surface area contributed by atoms with Gasteiger partial charge in [0, 0.05) is 12.5 Å². The Balaban J connectivity index is 2.10. The first-order chi connectivity index (χ1) is 5.43. The minimum Gasteiger partial charge on any atom is -0.365 e. The lowest BCUT2D eigenvalue weighted by Crippen LogP contribution is -1.84. The van der Waals surface area contributed by atoms with Gasteiger partial charge in [-0.05, 0) is 25.7 Å². The van der Waals surface area contributed by atoms with Gasteiger partial charge in [0.2, 0.25) is 0 Å². The van der Waals surface area contributed by atoms with Gasteiger partial charge in [-0.2, -0.15) is 0 Å². The predicted octanol–water partition coefficient (Wildman–Crippen LogP) is 1.98. The molecule has 11 heavy (non-hydrogen) atoms. The number of aryl methyl sites for hydroxylation is 1. The topological polar surface area (TPSA) is 26.0 Å². The Labute approximate surface area is 66.6 Å². The molecule has 0 atom stereocenters. The highest BCUT2D eigenvalue weighted by Crippen LogP contribution is 2.02. The van der Waals surface area contributed by atoms with Gasteiger partial charge in [0.15, 0.2) is 0 Å². The van der Waals surface area contributed by atoms with E-state index in [1.165, 1.54) is 0 Å². The second-order valence-electron chi connectivity index (χ2n) is 2.37. The number of hydrogen-bond acceptors (Lipinski definition) is 2. The van der Waals surface area contributed by atoms with Crippen LogP contribution in [-0.2, 0) is 6.42 Å². The first kappa shape index (κ1) is 7.87. The third kappa shape index (κ3) is 2.90. The van der Waals surface area contributed by atoms with E-state index in [-0.39, 0.29) is 0 Å². The smallest absolute Gasteiger partial charge is 0.124 e. The Morgan fingerprint density at radius 2 is 2.45 bits per heavy atom. The van der Waals surface area contributed by atoms with Crippen LogP contribution in [0.2, 0.25) is 0 Å². The van der Waals surface area contributed by atoms with Crippen molar-refractivity contribution in [1.29, 1.82) is 0 Å². The van der Waals surface area contributed by atoms with Crippen molar-refractivity contribution in [2.24, 2.45) is 0 Å². The van der Waals surface area contributed by atoms with E-state index in [0.29, 0.717) is 0 Å². The summed E-state index contributed by atoms with van der Waals surface area (Å²) in [6, 6.07) is 1.87. The fourth-order valence-electron chi connectivity index (χ4n) is 0.886. The van der Waals surface area contributed by atoms with Crippen LogP contribution in [0.25, 0.3) is 0 Å². The van der Waals surface area contributed by atoms with Crippen LogP contribution in [0, 0.1) is 12.3 Å². The molecule has 0 aliphatic rings. The first-order valence-electron chi connectivity index (χ1n) is 3.72. The Morgan fingerprint density at radius 3 is 3.09 bits per heavy atom. The Kier molecular flexibility index (Phi) is 3.27. The number of aromatic nitrogens is 1. The molecule has 0 aliphatic carbocycles. The van der Waals surface area contributed by atoms with Crippen LogP contribution in [0.4, 0.5) is 0 Å².